The quantitative estimate of drug-likeness (QED) is 0.102. The van der Waals surface area contributed by atoms with E-state index in [-0.39, 0.29) is 51.0 Å². The van der Waals surface area contributed by atoms with E-state index < -0.39 is 21.1 Å². The van der Waals surface area contributed by atoms with Crippen LogP contribution in [0.5, 0.6) is 0 Å². The maximum absolute atomic E-state index is 9.31. The van der Waals surface area contributed by atoms with Crippen LogP contribution < -0.4 is 10.9 Å². The van der Waals surface area contributed by atoms with Gasteiger partial charge in [0.05, 0.1) is 67.1 Å². The topological polar surface area (TPSA) is 213 Å². The minimum atomic E-state index is -1.48. The molecule has 742 valence electrons. The van der Waals surface area contributed by atoms with E-state index in [1.54, 1.807) is 12.1 Å². The van der Waals surface area contributed by atoms with Crippen LogP contribution in [0, 0.1) is 3.57 Å². The van der Waals surface area contributed by atoms with Crippen LogP contribution >= 0.6 is 77.7 Å². The highest BCUT2D eigenvalue weighted by molar-refractivity contribution is 14.1. The summed E-state index contributed by atoms with van der Waals surface area (Å²) in [5.41, 5.74) is 24.3. The lowest BCUT2D eigenvalue weighted by Gasteiger charge is -2.32. The lowest BCUT2D eigenvalue weighted by molar-refractivity contribution is 0.00578. The molecule has 10 heterocycles. The molecule has 3 saturated heterocycles. The minimum absolute atomic E-state index is 0.246. The van der Waals surface area contributed by atoms with Crippen LogP contribution in [0.4, 0.5) is 0 Å². The number of hydrogen-bond acceptors (Lipinski definition) is 17. The van der Waals surface area contributed by atoms with E-state index in [0.717, 1.165) is 180 Å². The fourth-order valence-corrected chi connectivity index (χ4v) is 20.1. The third-order valence-electron chi connectivity index (χ3n) is 28.8. The van der Waals surface area contributed by atoms with Gasteiger partial charge in [0.2, 0.25) is 0 Å². The van der Waals surface area contributed by atoms with Gasteiger partial charge in [-0.2, -0.15) is 0 Å². The Morgan fingerprint density at radius 1 is 0.253 bits per heavy atom. The van der Waals surface area contributed by atoms with Gasteiger partial charge in [-0.05, 0) is 282 Å². The Balaban J connectivity index is 0.000000110. The highest BCUT2D eigenvalue weighted by Gasteiger charge is 2.64. The van der Waals surface area contributed by atoms with Crippen LogP contribution in [0.25, 0.3) is 199 Å². The van der Waals surface area contributed by atoms with Gasteiger partial charge >= 0.3 is 28.3 Å². The Bertz CT molecular complexity index is 8800. The molecule has 0 saturated carbocycles. The highest BCUT2D eigenvalue weighted by atomic mass is 127. The van der Waals surface area contributed by atoms with Crippen molar-refractivity contribution in [3.63, 3.8) is 0 Å². The summed E-state index contributed by atoms with van der Waals surface area (Å²) in [5.74, 6) is 0. The van der Waals surface area contributed by atoms with Gasteiger partial charge < -0.3 is 60.1 Å². The number of halogens is 5. The zero-order chi connectivity index (χ0) is 104. The SMILES string of the molecule is Brc1ccc(-c2cccc3oc4ccccc4c23)cc1.Brc1ccc(I)cc1.CC1(C)OB(B2OC(C)(C)C(C)(C)O2)OC1(C)C.CC1(C)OB(c2ccc(-c3cccc4oc5ccccc5c34)cc2)OC1(C)C.Clc1nc2ccccc2nc1Cl.OB(O)c1cccc2oc3ccccc3c12.c1ccc2nc(-c3ccc(-c4cccc5oc6ccccc6c45)cc3)c(-c3ccc(-c4cccc5oc6ccccc6c45)cc3)nc2c1. The van der Waals surface area contributed by atoms with E-state index in [1.165, 1.54) is 31.0 Å². The summed E-state index contributed by atoms with van der Waals surface area (Å²) >= 11 is 20.5. The van der Waals surface area contributed by atoms with Crippen LogP contribution in [0.15, 0.2) is 413 Å². The average molecular weight is 2260 g/mol. The van der Waals surface area contributed by atoms with Crippen molar-refractivity contribution in [3.8, 4) is 67.0 Å². The van der Waals surface area contributed by atoms with Gasteiger partial charge in [0.25, 0.3) is 0 Å². The molecule has 24 aromatic rings. The molecule has 27 rings (SSSR count). The van der Waals surface area contributed by atoms with Crippen molar-refractivity contribution in [2.75, 3.05) is 0 Å². The van der Waals surface area contributed by atoms with E-state index in [0.29, 0.717) is 11.0 Å². The summed E-state index contributed by atoms with van der Waals surface area (Å²) in [4.78, 5) is 18.4. The number of aromatic nitrogens is 4. The second-order valence-electron chi connectivity index (χ2n) is 40.1. The number of benzene rings is 17. The molecule has 2 N–H and O–H groups in total. The minimum Gasteiger partial charge on any atom is -0.456 e. The molecule has 3 fully saturated rings. The van der Waals surface area contributed by atoms with Crippen molar-refractivity contribution < 1.29 is 60.1 Å². The molecule has 3 aliphatic rings. The van der Waals surface area contributed by atoms with Crippen LogP contribution in [-0.2, 0) is 27.9 Å². The zero-order valence-corrected chi connectivity index (χ0v) is 91.1. The van der Waals surface area contributed by atoms with Gasteiger partial charge in [-0.15, -0.1) is 0 Å². The second-order valence-corrected chi connectivity index (χ2v) is 43.9. The highest BCUT2D eigenvalue weighted by Crippen LogP contribution is 2.48. The molecule has 0 aliphatic carbocycles. The zero-order valence-electron chi connectivity index (χ0n) is 84.2. The van der Waals surface area contributed by atoms with E-state index in [4.69, 9.17) is 83.2 Å². The molecular weight excluding hydrogens is 2150 g/mol. The predicted molar refractivity (Wildman–Crippen MR) is 630 cm³/mol. The second kappa shape index (κ2) is 42.1. The number of nitrogens with zero attached hydrogens (tertiary/aromatic N) is 4. The molecule has 0 bridgehead atoms. The number of para-hydroxylation sites is 9. The summed E-state index contributed by atoms with van der Waals surface area (Å²) in [6, 6.07) is 128. The molecule has 17 aromatic carbocycles. The Labute approximate surface area is 909 Å². The average Bonchev–Trinajstić information content (AvgIpc) is 1.58. The third-order valence-corrected chi connectivity index (χ3v) is 31.2. The molecule has 0 atom stereocenters. The Kier molecular flexibility index (Phi) is 28.8. The van der Waals surface area contributed by atoms with Gasteiger partial charge in [0.15, 0.2) is 10.3 Å². The van der Waals surface area contributed by atoms with E-state index >= 15 is 0 Å². The van der Waals surface area contributed by atoms with Crippen molar-refractivity contribution in [1.29, 1.82) is 0 Å². The summed E-state index contributed by atoms with van der Waals surface area (Å²) in [6.07, 6.45) is 0. The Morgan fingerprint density at radius 3 is 0.787 bits per heavy atom. The van der Waals surface area contributed by atoms with E-state index in [9.17, 15) is 10.0 Å². The maximum Gasteiger partial charge on any atom is 0.494 e. The van der Waals surface area contributed by atoms with Gasteiger partial charge in [-0.25, -0.2) is 19.9 Å². The Hall–Kier alpha value is -13.4. The first-order valence-corrected chi connectivity index (χ1v) is 52.9. The molecule has 150 heavy (non-hydrogen) atoms. The number of hydrogen-bond donors (Lipinski definition) is 2. The van der Waals surface area contributed by atoms with Crippen molar-refractivity contribution in [1.82, 2.24) is 19.9 Å². The standard InChI is InChI=1S/C44H26N2O2.C24H23BO3.C18H11BrO.C12H24B2O4.C12H9BO3.C8H4Cl2N2.C6H4BrI/c1-5-15-37-33(9-1)41-31(11-7-17-39(41)47-37)27-19-23-29(24-20-27)43-44(46-36-14-4-3-13-35(36)45-43)30-25-21-28(22-26-30)32-12-8-18-40-42(32)34-10-2-6-16-38(34)48-40;1-23(2)24(3,4)28-25(27-23)17-14-12-16(13-15-17)18-9-7-11-21-22(18)19-8-5-6-10-20(19)26-21;19-13-10-8-12(9-11-13)14-5-3-7-17-18(14)15-4-1-2-6-16(15)20-17;1-9(2)10(3,4)16-13(15-9)14-17-11(5,6)12(7,8)18-14;14-13(15)9-5-3-7-11-12(9)8-4-1-2-6-10(8)16-11;9-7-8(10)12-6-4-2-1-3-5(6)11-7;7-5-1-3-6(8)4-2-5/h1-26H;5-15H,1-4H3;1-11H;1-8H3;1-7,14-15H;1-4H;1-4H. The first-order chi connectivity index (χ1) is 72.2. The van der Waals surface area contributed by atoms with Gasteiger partial charge in [0, 0.05) is 77.5 Å². The molecule has 17 nitrogen and oxygen atoms in total. The fraction of sp³-hybridized carbons (Fsp3) is 0.145. The number of furan rings is 5. The third kappa shape index (κ3) is 20.7. The molecule has 0 radical (unpaired) electrons. The van der Waals surface area contributed by atoms with Gasteiger partial charge in [0.1, 0.15) is 55.8 Å². The van der Waals surface area contributed by atoms with Crippen LogP contribution in [0.2, 0.25) is 10.3 Å². The van der Waals surface area contributed by atoms with Gasteiger partial charge in [-0.3, -0.25) is 0 Å². The lowest BCUT2D eigenvalue weighted by atomic mass is 9.49. The molecular formula is C124H101B4Br2Cl2IN4O13. The normalized spacial score (nSPS) is 15.0. The van der Waals surface area contributed by atoms with Crippen molar-refractivity contribution in [3.05, 3.63) is 405 Å². The smallest absolute Gasteiger partial charge is 0.456 e. The lowest BCUT2D eigenvalue weighted by Crippen LogP contribution is -2.41. The van der Waals surface area contributed by atoms with E-state index in [1.807, 2.05) is 231 Å². The fourth-order valence-electron chi connectivity index (χ4n) is 18.9. The largest absolute Gasteiger partial charge is 0.494 e. The molecule has 0 unspecified atom stereocenters. The maximum atomic E-state index is 9.31. The number of rotatable bonds is 9. The summed E-state index contributed by atoms with van der Waals surface area (Å²) in [7, 11) is -2.78. The molecule has 26 heteroatoms. The molecule has 0 spiro atoms. The summed E-state index contributed by atoms with van der Waals surface area (Å²) < 4.78 is 69.6. The van der Waals surface area contributed by atoms with Crippen molar-refractivity contribution >= 4 is 249 Å². The summed E-state index contributed by atoms with van der Waals surface area (Å²) in [6.45, 7) is 24.5. The summed E-state index contributed by atoms with van der Waals surface area (Å²) in [5, 5.41) is 29.9. The van der Waals surface area contributed by atoms with E-state index in [2.05, 4.69) is 286 Å². The molecule has 0 amide bonds. The van der Waals surface area contributed by atoms with Gasteiger partial charge in [-0.1, -0.05) is 316 Å². The van der Waals surface area contributed by atoms with Crippen LogP contribution in [0.1, 0.15) is 83.1 Å². The predicted octanol–water partition coefficient (Wildman–Crippen LogP) is 33.2. The Morgan fingerprint density at radius 2 is 0.487 bits per heavy atom. The van der Waals surface area contributed by atoms with Crippen molar-refractivity contribution in [2.24, 2.45) is 0 Å². The van der Waals surface area contributed by atoms with Crippen LogP contribution in [-0.4, -0.2) is 91.8 Å². The molecule has 3 aliphatic heterocycles. The van der Waals surface area contributed by atoms with Crippen LogP contribution in [0.3, 0.4) is 0 Å². The first kappa shape index (κ1) is 102. The number of fused-ring (bicyclic) bond motifs is 17. The first-order valence-electron chi connectivity index (χ1n) is 49.5. The molecule has 7 aromatic heterocycles. The van der Waals surface area contributed by atoms with Crippen molar-refractivity contribution in [2.45, 2.75) is 117 Å². The monoisotopic (exact) mass is 2250 g/mol.